The number of nitrogen functional groups attached to an aromatic ring is 1. The Morgan fingerprint density at radius 3 is 2.44 bits per heavy atom. The first-order valence-electron chi connectivity index (χ1n) is 14.7. The van der Waals surface area contributed by atoms with Gasteiger partial charge in [-0.25, -0.2) is 28.8 Å². The van der Waals surface area contributed by atoms with Crippen LogP contribution in [0.1, 0.15) is 30.9 Å². The fraction of sp³-hybridized carbons (Fsp3) is 0.250. The predicted molar refractivity (Wildman–Crippen MR) is 165 cm³/mol. The highest BCUT2D eigenvalue weighted by atomic mass is 19.1. The summed E-state index contributed by atoms with van der Waals surface area (Å²) < 4.78 is 23.0. The number of benzene rings is 2. The van der Waals surface area contributed by atoms with E-state index in [2.05, 4.69) is 25.2 Å². The third kappa shape index (κ3) is 5.65. The van der Waals surface area contributed by atoms with Crippen LogP contribution < -0.4 is 20.7 Å². The number of ether oxygens (including phenoxy) is 1. The Morgan fingerprint density at radius 1 is 0.933 bits per heavy atom. The van der Waals surface area contributed by atoms with E-state index < -0.39 is 11.8 Å². The zero-order valence-corrected chi connectivity index (χ0v) is 24.3. The molecule has 228 valence electrons. The minimum absolute atomic E-state index is 0.0320. The van der Waals surface area contributed by atoms with Crippen molar-refractivity contribution in [3.05, 3.63) is 84.6 Å². The van der Waals surface area contributed by atoms with Crippen molar-refractivity contribution in [3.63, 3.8) is 0 Å². The Hall–Kier alpha value is -5.43. The van der Waals surface area contributed by atoms with Gasteiger partial charge in [0.1, 0.15) is 41.0 Å². The number of rotatable bonds is 7. The van der Waals surface area contributed by atoms with Crippen molar-refractivity contribution in [1.82, 2.24) is 34.9 Å². The number of hydrogen-bond acceptors (Lipinski definition) is 9. The summed E-state index contributed by atoms with van der Waals surface area (Å²) in [7, 11) is 0. The number of pyridine rings is 1. The van der Waals surface area contributed by atoms with Gasteiger partial charge in [0.15, 0.2) is 5.65 Å². The number of aromatic nitrogens is 5. The summed E-state index contributed by atoms with van der Waals surface area (Å²) in [4.78, 5) is 40.7. The molecular weight excluding hydrogens is 577 g/mol. The van der Waals surface area contributed by atoms with Crippen LogP contribution in [0.25, 0.3) is 22.3 Å². The molecule has 3 N–H and O–H groups in total. The highest BCUT2D eigenvalue weighted by Crippen LogP contribution is 2.36. The van der Waals surface area contributed by atoms with Crippen molar-refractivity contribution in [1.29, 1.82) is 0 Å². The first kappa shape index (κ1) is 28.3. The molecule has 2 fully saturated rings. The minimum Gasteiger partial charge on any atom is -0.457 e. The van der Waals surface area contributed by atoms with Crippen molar-refractivity contribution in [2.75, 3.05) is 30.3 Å². The molecule has 12 nitrogen and oxygen atoms in total. The number of carbonyl (C=O) groups excluding carboxylic acids is 2. The van der Waals surface area contributed by atoms with Crippen LogP contribution in [0.4, 0.5) is 20.8 Å². The zero-order valence-electron chi connectivity index (χ0n) is 24.3. The molecule has 3 aromatic heterocycles. The largest absolute Gasteiger partial charge is 0.457 e. The monoisotopic (exact) mass is 607 g/mol. The molecule has 2 aliphatic rings. The summed E-state index contributed by atoms with van der Waals surface area (Å²) in [5, 5.41) is 7.97. The molecule has 2 saturated heterocycles. The standard InChI is InChI=1S/C32H30FN9O3/c33-25-10-14-35-30(41-17-13-26(43)38-32(41)44)24(25)18-40-15-11-21(12-16-40)42-31-27(29(34)36-19-37-31)28(39-42)20-6-8-23(9-7-20)45-22-4-2-1-3-5-22/h1-10,14,19,21H,11-13,15-18H2,(H2,34,36,37)(H,38,43,44). The van der Waals surface area contributed by atoms with Crippen LogP contribution in [0, 0.1) is 5.82 Å². The summed E-state index contributed by atoms with van der Waals surface area (Å²) >= 11 is 0. The summed E-state index contributed by atoms with van der Waals surface area (Å²) in [6.07, 6.45) is 4.39. The predicted octanol–water partition coefficient (Wildman–Crippen LogP) is 4.69. The molecule has 3 amide bonds. The maximum absolute atomic E-state index is 15.1. The highest BCUT2D eigenvalue weighted by Gasteiger charge is 2.31. The number of carbonyl (C=O) groups is 2. The van der Waals surface area contributed by atoms with E-state index in [-0.39, 0.29) is 37.3 Å². The van der Waals surface area contributed by atoms with Crippen molar-refractivity contribution < 1.29 is 18.7 Å². The number of urea groups is 1. The van der Waals surface area contributed by atoms with Gasteiger partial charge in [-0.2, -0.15) is 5.10 Å². The Bertz CT molecular complexity index is 1870. The number of para-hydroxylation sites is 1. The number of likely N-dealkylation sites (tertiary alicyclic amines) is 1. The van der Waals surface area contributed by atoms with E-state index in [0.717, 1.165) is 24.2 Å². The molecule has 0 saturated carbocycles. The van der Waals surface area contributed by atoms with Crippen LogP contribution in [-0.4, -0.2) is 61.2 Å². The molecule has 0 aliphatic carbocycles. The van der Waals surface area contributed by atoms with Gasteiger partial charge in [-0.15, -0.1) is 0 Å². The quantitative estimate of drug-likeness (QED) is 0.269. The van der Waals surface area contributed by atoms with Crippen LogP contribution in [0.2, 0.25) is 0 Å². The number of nitrogens with two attached hydrogens (primary N) is 1. The maximum Gasteiger partial charge on any atom is 0.329 e. The normalized spacial score (nSPS) is 16.2. The fourth-order valence-corrected chi connectivity index (χ4v) is 5.91. The third-order valence-corrected chi connectivity index (χ3v) is 8.20. The molecule has 2 aromatic carbocycles. The Labute approximate surface area is 257 Å². The smallest absolute Gasteiger partial charge is 0.329 e. The molecule has 0 spiro atoms. The number of nitrogens with zero attached hydrogens (tertiary/aromatic N) is 7. The lowest BCUT2D eigenvalue weighted by Gasteiger charge is -2.33. The van der Waals surface area contributed by atoms with E-state index >= 15 is 4.39 Å². The van der Waals surface area contributed by atoms with E-state index in [1.165, 1.54) is 23.5 Å². The Balaban J connectivity index is 1.09. The second-order valence-electron chi connectivity index (χ2n) is 11.0. The topological polar surface area (TPSA) is 144 Å². The molecule has 0 unspecified atom stereocenters. The summed E-state index contributed by atoms with van der Waals surface area (Å²) in [6.45, 7) is 1.74. The number of hydrogen-bond donors (Lipinski definition) is 2. The summed E-state index contributed by atoms with van der Waals surface area (Å²) in [5.74, 6) is 1.24. The van der Waals surface area contributed by atoms with Crippen molar-refractivity contribution in [3.8, 4) is 22.8 Å². The SMILES string of the molecule is Nc1ncnc2c1c(-c1ccc(Oc3ccccc3)cc1)nn2C1CCN(Cc2c(F)ccnc2N2CCC(=O)NC2=O)CC1. The lowest BCUT2D eigenvalue weighted by Crippen LogP contribution is -2.50. The lowest BCUT2D eigenvalue weighted by atomic mass is 10.0. The van der Waals surface area contributed by atoms with Crippen LogP contribution in [0.5, 0.6) is 11.5 Å². The average molecular weight is 608 g/mol. The number of piperidine rings is 1. The second-order valence-corrected chi connectivity index (χ2v) is 11.0. The Kier molecular flexibility index (Phi) is 7.51. The van der Waals surface area contributed by atoms with Gasteiger partial charge in [-0.3, -0.25) is 19.9 Å². The summed E-state index contributed by atoms with van der Waals surface area (Å²) in [6, 6.07) is 18.0. The number of amides is 3. The first-order valence-corrected chi connectivity index (χ1v) is 14.7. The van der Waals surface area contributed by atoms with Crippen LogP contribution >= 0.6 is 0 Å². The molecule has 5 heterocycles. The lowest BCUT2D eigenvalue weighted by molar-refractivity contribution is -0.120. The molecule has 7 rings (SSSR count). The third-order valence-electron chi connectivity index (χ3n) is 8.20. The molecule has 0 radical (unpaired) electrons. The highest BCUT2D eigenvalue weighted by molar-refractivity contribution is 6.05. The van der Waals surface area contributed by atoms with E-state index in [0.29, 0.717) is 46.9 Å². The number of nitrogens with one attached hydrogen (secondary N) is 1. The first-order chi connectivity index (χ1) is 21.9. The Morgan fingerprint density at radius 2 is 1.69 bits per heavy atom. The van der Waals surface area contributed by atoms with Gasteiger partial charge >= 0.3 is 6.03 Å². The average Bonchev–Trinajstić information content (AvgIpc) is 3.44. The molecule has 13 heteroatoms. The second kappa shape index (κ2) is 11.9. The minimum atomic E-state index is -0.592. The van der Waals surface area contributed by atoms with Gasteiger partial charge in [-0.05, 0) is 55.3 Å². The number of imide groups is 1. The van der Waals surface area contributed by atoms with Crippen LogP contribution in [0.3, 0.4) is 0 Å². The molecule has 5 aromatic rings. The van der Waals surface area contributed by atoms with Gasteiger partial charge in [0, 0.05) is 49.9 Å². The molecule has 45 heavy (non-hydrogen) atoms. The zero-order chi connectivity index (χ0) is 30.9. The van der Waals surface area contributed by atoms with Crippen molar-refractivity contribution in [2.45, 2.75) is 31.8 Å². The van der Waals surface area contributed by atoms with Gasteiger partial charge in [0.05, 0.1) is 11.4 Å². The molecule has 0 atom stereocenters. The maximum atomic E-state index is 15.1. The van der Waals surface area contributed by atoms with Crippen LogP contribution in [0.15, 0.2) is 73.2 Å². The van der Waals surface area contributed by atoms with Gasteiger partial charge in [-0.1, -0.05) is 18.2 Å². The molecular formula is C32H30FN9O3. The van der Waals surface area contributed by atoms with E-state index in [1.807, 2.05) is 59.3 Å². The number of anilines is 2. The molecule has 2 aliphatic heterocycles. The molecule has 0 bridgehead atoms. The van der Waals surface area contributed by atoms with Crippen molar-refractivity contribution in [2.24, 2.45) is 0 Å². The van der Waals surface area contributed by atoms with E-state index in [9.17, 15) is 9.59 Å². The van der Waals surface area contributed by atoms with Crippen molar-refractivity contribution >= 4 is 34.6 Å². The summed E-state index contributed by atoms with van der Waals surface area (Å²) in [5.41, 5.74) is 8.89. The van der Waals surface area contributed by atoms with Gasteiger partial charge in [0.2, 0.25) is 5.91 Å². The number of halogens is 1. The van der Waals surface area contributed by atoms with E-state index in [1.54, 1.807) is 0 Å². The fourth-order valence-electron chi connectivity index (χ4n) is 5.91. The number of fused-ring (bicyclic) bond motifs is 1. The van der Waals surface area contributed by atoms with Gasteiger partial charge < -0.3 is 10.5 Å². The van der Waals surface area contributed by atoms with E-state index in [4.69, 9.17) is 15.6 Å². The van der Waals surface area contributed by atoms with Gasteiger partial charge in [0.25, 0.3) is 0 Å². The van der Waals surface area contributed by atoms with Crippen LogP contribution in [-0.2, 0) is 11.3 Å².